The van der Waals surface area contributed by atoms with E-state index in [0.29, 0.717) is 25.1 Å². The van der Waals surface area contributed by atoms with E-state index in [4.69, 9.17) is 0 Å². The number of hydrogen-bond acceptors (Lipinski definition) is 5. The van der Waals surface area contributed by atoms with E-state index in [0.717, 1.165) is 55.0 Å². The van der Waals surface area contributed by atoms with E-state index in [-0.39, 0.29) is 29.6 Å². The molecule has 0 aromatic heterocycles. The van der Waals surface area contributed by atoms with Gasteiger partial charge >= 0.3 is 0 Å². The minimum atomic E-state index is -0.602. The van der Waals surface area contributed by atoms with Crippen LogP contribution in [0.5, 0.6) is 0 Å². The van der Waals surface area contributed by atoms with Gasteiger partial charge < -0.3 is 4.90 Å². The summed E-state index contributed by atoms with van der Waals surface area (Å²) in [7, 11) is 0. The number of likely N-dealkylation sites (tertiary alicyclic amines) is 1. The fourth-order valence-corrected chi connectivity index (χ4v) is 6.77. The molecule has 3 amide bonds. The number of unbranched alkanes of at least 4 members (excludes halogenated alkanes) is 4. The van der Waals surface area contributed by atoms with Crippen molar-refractivity contribution < 1.29 is 18.8 Å². The van der Waals surface area contributed by atoms with Crippen LogP contribution in [0.3, 0.4) is 0 Å². The van der Waals surface area contributed by atoms with E-state index < -0.39 is 12.2 Å². The van der Waals surface area contributed by atoms with E-state index in [1.165, 1.54) is 19.3 Å². The lowest BCUT2D eigenvalue weighted by Crippen LogP contribution is -2.52. The molecule has 184 valence electrons. The maximum atomic E-state index is 14.0. The van der Waals surface area contributed by atoms with E-state index in [1.807, 2.05) is 12.1 Å². The van der Waals surface area contributed by atoms with Gasteiger partial charge in [0, 0.05) is 41.9 Å². The van der Waals surface area contributed by atoms with E-state index in [1.54, 1.807) is 16.7 Å². The van der Waals surface area contributed by atoms with Gasteiger partial charge in [-0.25, -0.2) is 4.39 Å². The summed E-state index contributed by atoms with van der Waals surface area (Å²) in [5, 5.41) is 2.36. The standard InChI is InChI=1S/C26H34FN3O3S/c27-22-16-29(17-26(22)11-12-26)13-4-2-1-3-5-14-34-21-8-6-7-18-19(21)15-30(25(18)33)20-9-10-23(31)28-24(20)32/h6-8,20,22H,1-5,9-17H2,(H,28,31,32). The van der Waals surface area contributed by atoms with Gasteiger partial charge in [-0.1, -0.05) is 25.3 Å². The molecule has 6 nitrogen and oxygen atoms in total. The van der Waals surface area contributed by atoms with Crippen molar-refractivity contribution >= 4 is 29.5 Å². The number of rotatable bonds is 10. The number of benzene rings is 1. The molecule has 1 aromatic rings. The van der Waals surface area contributed by atoms with Gasteiger partial charge in [-0.05, 0) is 62.1 Å². The van der Waals surface area contributed by atoms with Gasteiger partial charge in [0.15, 0.2) is 0 Å². The quantitative estimate of drug-likeness (QED) is 0.308. The maximum absolute atomic E-state index is 14.0. The molecule has 8 heteroatoms. The second-order valence-electron chi connectivity index (χ2n) is 10.4. The smallest absolute Gasteiger partial charge is 0.255 e. The van der Waals surface area contributed by atoms with E-state index in [9.17, 15) is 18.8 Å². The van der Waals surface area contributed by atoms with Crippen LogP contribution < -0.4 is 5.32 Å². The third-order valence-electron chi connectivity index (χ3n) is 7.93. The maximum Gasteiger partial charge on any atom is 0.255 e. The Morgan fingerprint density at radius 1 is 1.09 bits per heavy atom. The van der Waals surface area contributed by atoms with Gasteiger partial charge in [0.25, 0.3) is 5.91 Å². The minimum absolute atomic E-state index is 0.0400. The largest absolute Gasteiger partial charge is 0.322 e. The number of alkyl halides is 1. The number of nitrogens with zero attached hydrogens (tertiary/aromatic N) is 2. The molecule has 2 unspecified atom stereocenters. The summed E-state index contributed by atoms with van der Waals surface area (Å²) >= 11 is 1.79. The molecular weight excluding hydrogens is 453 g/mol. The summed E-state index contributed by atoms with van der Waals surface area (Å²) in [6.07, 6.45) is 8.07. The molecule has 2 atom stereocenters. The van der Waals surface area contributed by atoms with Crippen molar-refractivity contribution in [3.05, 3.63) is 29.3 Å². The van der Waals surface area contributed by atoms with Crippen molar-refractivity contribution in [3.63, 3.8) is 0 Å². The zero-order chi connectivity index (χ0) is 23.7. The second kappa shape index (κ2) is 9.97. The minimum Gasteiger partial charge on any atom is -0.322 e. The Kier molecular flexibility index (Phi) is 6.98. The van der Waals surface area contributed by atoms with Gasteiger partial charge in [0.1, 0.15) is 12.2 Å². The van der Waals surface area contributed by atoms with Crippen LogP contribution in [0.4, 0.5) is 4.39 Å². The lowest BCUT2D eigenvalue weighted by atomic mass is 10.0. The van der Waals surface area contributed by atoms with Crippen LogP contribution in [0.25, 0.3) is 0 Å². The summed E-state index contributed by atoms with van der Waals surface area (Å²) in [6.45, 7) is 3.07. The predicted molar refractivity (Wildman–Crippen MR) is 129 cm³/mol. The number of carbonyl (C=O) groups is 3. The fraction of sp³-hybridized carbons (Fsp3) is 0.654. The summed E-state index contributed by atoms with van der Waals surface area (Å²) in [6, 6.07) is 5.25. The molecule has 34 heavy (non-hydrogen) atoms. The molecule has 1 aromatic carbocycles. The van der Waals surface area contributed by atoms with E-state index >= 15 is 0 Å². The molecule has 1 spiro atoms. The second-order valence-corrected chi connectivity index (χ2v) is 11.5. The van der Waals surface area contributed by atoms with Crippen LogP contribution in [-0.2, 0) is 16.1 Å². The highest BCUT2D eigenvalue weighted by atomic mass is 32.2. The van der Waals surface area contributed by atoms with Crippen LogP contribution in [0.2, 0.25) is 0 Å². The molecule has 3 fully saturated rings. The first-order chi connectivity index (χ1) is 16.5. The number of thioether (sulfide) groups is 1. The van der Waals surface area contributed by atoms with Crippen molar-refractivity contribution in [2.45, 2.75) is 81.4 Å². The summed E-state index contributed by atoms with van der Waals surface area (Å²) < 4.78 is 14.0. The Bertz CT molecular complexity index is 967. The first-order valence-corrected chi connectivity index (χ1v) is 13.7. The van der Waals surface area contributed by atoms with Gasteiger partial charge in [0.05, 0.1) is 0 Å². The van der Waals surface area contributed by atoms with Crippen LogP contribution in [0.1, 0.15) is 73.7 Å². The van der Waals surface area contributed by atoms with Gasteiger partial charge in [-0.2, -0.15) is 0 Å². The Balaban J connectivity index is 1.02. The van der Waals surface area contributed by atoms with E-state index in [2.05, 4.69) is 16.3 Å². The normalized spacial score (nSPS) is 25.8. The average molecular weight is 488 g/mol. The SMILES string of the molecule is O=C1CCC(N2Cc3c(SCCCCCCCN4CC(F)C5(CC5)C4)cccc3C2=O)C(=O)N1. The van der Waals surface area contributed by atoms with Gasteiger partial charge in [-0.3, -0.25) is 24.6 Å². The third-order valence-corrected chi connectivity index (χ3v) is 9.12. The van der Waals surface area contributed by atoms with Crippen molar-refractivity contribution in [1.82, 2.24) is 15.1 Å². The molecule has 4 aliphatic rings. The Morgan fingerprint density at radius 3 is 2.65 bits per heavy atom. The van der Waals surface area contributed by atoms with Crippen molar-refractivity contribution in [2.75, 3.05) is 25.4 Å². The number of nitrogens with one attached hydrogen (secondary N) is 1. The highest BCUT2D eigenvalue weighted by Crippen LogP contribution is 2.54. The molecule has 0 radical (unpaired) electrons. The molecule has 2 saturated heterocycles. The van der Waals surface area contributed by atoms with Crippen LogP contribution >= 0.6 is 11.8 Å². The molecule has 1 aliphatic carbocycles. The molecular formula is C26H34FN3O3S. The monoisotopic (exact) mass is 487 g/mol. The first kappa shape index (κ1) is 23.8. The first-order valence-electron chi connectivity index (χ1n) is 12.7. The number of fused-ring (bicyclic) bond motifs is 1. The van der Waals surface area contributed by atoms with Crippen LogP contribution in [0, 0.1) is 5.41 Å². The summed E-state index contributed by atoms with van der Waals surface area (Å²) in [5.74, 6) is 0.253. The molecule has 1 N–H and O–H groups in total. The highest BCUT2D eigenvalue weighted by Gasteiger charge is 2.55. The summed E-state index contributed by atoms with van der Waals surface area (Å²) in [5.41, 5.74) is 1.73. The Hall–Kier alpha value is -1.93. The number of halogens is 1. The Labute approximate surface area is 205 Å². The van der Waals surface area contributed by atoms with Gasteiger partial charge in [-0.15, -0.1) is 11.8 Å². The zero-order valence-electron chi connectivity index (χ0n) is 19.7. The number of piperidine rings is 1. The molecule has 3 heterocycles. The van der Waals surface area contributed by atoms with Crippen molar-refractivity contribution in [1.29, 1.82) is 0 Å². The van der Waals surface area contributed by atoms with Crippen LogP contribution in [-0.4, -0.2) is 65.1 Å². The number of amides is 3. The summed E-state index contributed by atoms with van der Waals surface area (Å²) in [4.78, 5) is 41.7. The van der Waals surface area contributed by atoms with Crippen molar-refractivity contribution in [3.8, 4) is 0 Å². The lowest BCUT2D eigenvalue weighted by Gasteiger charge is -2.29. The zero-order valence-corrected chi connectivity index (χ0v) is 20.5. The molecule has 1 saturated carbocycles. The molecule has 3 aliphatic heterocycles. The average Bonchev–Trinajstić information content (AvgIpc) is 3.43. The predicted octanol–water partition coefficient (Wildman–Crippen LogP) is 3.92. The topological polar surface area (TPSA) is 69.7 Å². The molecule has 0 bridgehead atoms. The van der Waals surface area contributed by atoms with Crippen LogP contribution in [0.15, 0.2) is 23.1 Å². The fourth-order valence-electron chi connectivity index (χ4n) is 5.67. The number of hydrogen-bond donors (Lipinski definition) is 1. The highest BCUT2D eigenvalue weighted by molar-refractivity contribution is 7.99. The Morgan fingerprint density at radius 2 is 1.88 bits per heavy atom. The van der Waals surface area contributed by atoms with Crippen molar-refractivity contribution in [2.24, 2.45) is 5.41 Å². The third kappa shape index (κ3) is 4.89. The van der Waals surface area contributed by atoms with Gasteiger partial charge in [0.2, 0.25) is 11.8 Å². The number of imide groups is 1. The molecule has 5 rings (SSSR count). The lowest BCUT2D eigenvalue weighted by molar-refractivity contribution is -0.136. The number of carbonyl (C=O) groups excluding carboxylic acids is 3.